The summed E-state index contributed by atoms with van der Waals surface area (Å²) in [6.07, 6.45) is -3.03. The fourth-order valence-corrected chi connectivity index (χ4v) is 1.09. The largest absolute Gasteiger partial charge is 0.435 e. The molecule has 2 nitrogen and oxygen atoms in total. The molecule has 0 amide bonds. The average Bonchev–Trinajstić information content (AvgIpc) is 2.35. The summed E-state index contributed by atoms with van der Waals surface area (Å²) in [5.41, 5.74) is -0.844. The fourth-order valence-electron chi connectivity index (χ4n) is 0.724. The van der Waals surface area contributed by atoms with E-state index >= 15 is 0 Å². The molecule has 12 heavy (non-hydrogen) atoms. The van der Waals surface area contributed by atoms with Crippen molar-refractivity contribution in [2.75, 3.05) is 5.33 Å². The summed E-state index contributed by atoms with van der Waals surface area (Å²) in [7, 11) is 0. The molecule has 0 aromatic carbocycles. The van der Waals surface area contributed by atoms with E-state index in [-0.39, 0.29) is 0 Å². The molecule has 0 atom stereocenters. The summed E-state index contributed by atoms with van der Waals surface area (Å²) < 4.78 is 37.1. The second-order valence-corrected chi connectivity index (χ2v) is 2.94. The van der Waals surface area contributed by atoms with Crippen LogP contribution in [0.1, 0.15) is 5.69 Å². The Morgan fingerprint density at radius 2 is 2.17 bits per heavy atom. The molecule has 0 aliphatic heterocycles. The molecule has 0 N–H and O–H groups in total. The molecule has 0 radical (unpaired) electrons. The van der Waals surface area contributed by atoms with Gasteiger partial charge in [-0.15, -0.1) is 0 Å². The van der Waals surface area contributed by atoms with E-state index in [0.717, 1.165) is 6.07 Å². The van der Waals surface area contributed by atoms with Gasteiger partial charge in [0.15, 0.2) is 5.69 Å². The second-order valence-electron chi connectivity index (χ2n) is 2.15. The molecule has 0 bridgehead atoms. The lowest BCUT2D eigenvalue weighted by Gasteiger charge is -2.00. The molecule has 0 unspecified atom stereocenters. The Kier molecular flexibility index (Phi) is 2.76. The average molecular weight is 243 g/mol. The minimum atomic E-state index is -4.34. The van der Waals surface area contributed by atoms with Crippen LogP contribution in [0.5, 0.6) is 0 Å². The van der Waals surface area contributed by atoms with Gasteiger partial charge in [-0.25, -0.2) is 0 Å². The van der Waals surface area contributed by atoms with E-state index in [1.165, 1.54) is 10.9 Å². The van der Waals surface area contributed by atoms with Crippen LogP contribution in [0.2, 0.25) is 0 Å². The van der Waals surface area contributed by atoms with Crippen molar-refractivity contribution in [3.8, 4) is 0 Å². The van der Waals surface area contributed by atoms with Gasteiger partial charge in [-0.3, -0.25) is 4.68 Å². The van der Waals surface area contributed by atoms with Gasteiger partial charge in [0.2, 0.25) is 0 Å². The maximum absolute atomic E-state index is 12.0. The number of hydrogen-bond acceptors (Lipinski definition) is 1. The van der Waals surface area contributed by atoms with Crippen molar-refractivity contribution in [3.63, 3.8) is 0 Å². The quantitative estimate of drug-likeness (QED) is 0.728. The van der Waals surface area contributed by atoms with Gasteiger partial charge < -0.3 is 0 Å². The zero-order chi connectivity index (χ0) is 9.19. The molecule has 0 saturated heterocycles. The van der Waals surface area contributed by atoms with Crippen molar-refractivity contribution in [2.45, 2.75) is 12.7 Å². The van der Waals surface area contributed by atoms with Crippen LogP contribution >= 0.6 is 15.9 Å². The minimum absolute atomic E-state index is 0.441. The predicted molar refractivity (Wildman–Crippen MR) is 41.0 cm³/mol. The zero-order valence-corrected chi connectivity index (χ0v) is 7.56. The highest BCUT2D eigenvalue weighted by molar-refractivity contribution is 9.09. The first-order chi connectivity index (χ1) is 5.54. The lowest BCUT2D eigenvalue weighted by Crippen LogP contribution is -2.08. The Morgan fingerprint density at radius 1 is 1.50 bits per heavy atom. The molecule has 6 heteroatoms. The number of aromatic nitrogens is 2. The van der Waals surface area contributed by atoms with E-state index < -0.39 is 11.9 Å². The van der Waals surface area contributed by atoms with Gasteiger partial charge in [0.05, 0.1) is 6.54 Å². The highest BCUT2D eigenvalue weighted by atomic mass is 79.9. The van der Waals surface area contributed by atoms with Crippen LogP contribution < -0.4 is 0 Å². The number of halogens is 4. The van der Waals surface area contributed by atoms with Crippen LogP contribution in [0.4, 0.5) is 13.2 Å². The molecule has 0 saturated carbocycles. The summed E-state index contributed by atoms with van der Waals surface area (Å²) in [6, 6.07) is 0.961. The van der Waals surface area contributed by atoms with Crippen molar-refractivity contribution in [2.24, 2.45) is 0 Å². The minimum Gasteiger partial charge on any atom is -0.271 e. The van der Waals surface area contributed by atoms with Crippen molar-refractivity contribution >= 4 is 15.9 Å². The van der Waals surface area contributed by atoms with E-state index in [9.17, 15) is 13.2 Å². The molecule has 0 aliphatic rings. The van der Waals surface area contributed by atoms with E-state index in [1.54, 1.807) is 0 Å². The molecule has 0 aliphatic carbocycles. The molecule has 1 rings (SSSR count). The Bertz CT molecular complexity index is 256. The predicted octanol–water partition coefficient (Wildman–Crippen LogP) is 2.30. The standard InChI is InChI=1S/C6H6BrF3N2/c7-2-4-12-3-1-5(11-12)6(8,9)10/h1,3H,2,4H2. The molecule has 1 aromatic rings. The molecule has 68 valence electrons. The van der Waals surface area contributed by atoms with Gasteiger partial charge in [0.25, 0.3) is 0 Å². The van der Waals surface area contributed by atoms with Crippen molar-refractivity contribution < 1.29 is 13.2 Å². The Labute approximate surface area is 75.5 Å². The fraction of sp³-hybridized carbons (Fsp3) is 0.500. The third-order valence-corrected chi connectivity index (χ3v) is 1.60. The molecule has 1 heterocycles. The smallest absolute Gasteiger partial charge is 0.271 e. The van der Waals surface area contributed by atoms with Crippen molar-refractivity contribution in [1.82, 2.24) is 9.78 Å². The van der Waals surface area contributed by atoms with Crippen LogP contribution in [0.15, 0.2) is 12.3 Å². The van der Waals surface area contributed by atoms with E-state index in [4.69, 9.17) is 0 Å². The number of hydrogen-bond donors (Lipinski definition) is 0. The maximum atomic E-state index is 12.0. The van der Waals surface area contributed by atoms with Crippen LogP contribution in [-0.2, 0) is 12.7 Å². The van der Waals surface area contributed by atoms with Gasteiger partial charge in [-0.05, 0) is 6.07 Å². The van der Waals surface area contributed by atoms with Gasteiger partial charge in [0, 0.05) is 11.5 Å². The second kappa shape index (κ2) is 3.47. The molecule has 1 aromatic heterocycles. The van der Waals surface area contributed by atoms with Gasteiger partial charge in [-0.1, -0.05) is 15.9 Å². The molecule has 0 fully saturated rings. The zero-order valence-electron chi connectivity index (χ0n) is 5.98. The normalized spacial score (nSPS) is 12.0. The van der Waals surface area contributed by atoms with Gasteiger partial charge in [-0.2, -0.15) is 18.3 Å². The first kappa shape index (κ1) is 9.57. The van der Waals surface area contributed by atoms with Gasteiger partial charge in [0.1, 0.15) is 0 Å². The van der Waals surface area contributed by atoms with E-state index in [2.05, 4.69) is 21.0 Å². The number of aryl methyl sites for hydroxylation is 1. The third kappa shape index (κ3) is 2.23. The first-order valence-electron chi connectivity index (χ1n) is 3.20. The van der Waals surface area contributed by atoms with E-state index in [1.807, 2.05) is 0 Å². The summed E-state index contributed by atoms with van der Waals surface area (Å²) >= 11 is 3.10. The summed E-state index contributed by atoms with van der Waals surface area (Å²) in [5.74, 6) is 0. The molecular weight excluding hydrogens is 237 g/mol. The first-order valence-corrected chi connectivity index (χ1v) is 4.33. The lowest BCUT2D eigenvalue weighted by molar-refractivity contribution is -0.141. The molecular formula is C6H6BrF3N2. The van der Waals surface area contributed by atoms with Gasteiger partial charge >= 0.3 is 6.18 Å². The van der Waals surface area contributed by atoms with Crippen LogP contribution in [0, 0.1) is 0 Å². The summed E-state index contributed by atoms with van der Waals surface area (Å²) in [6.45, 7) is 0.441. The Balaban J connectivity index is 2.77. The number of rotatable bonds is 2. The van der Waals surface area contributed by atoms with Crippen LogP contribution in [0.3, 0.4) is 0 Å². The number of nitrogens with zero attached hydrogens (tertiary/aromatic N) is 2. The monoisotopic (exact) mass is 242 g/mol. The van der Waals surface area contributed by atoms with Crippen molar-refractivity contribution in [3.05, 3.63) is 18.0 Å². The Morgan fingerprint density at radius 3 is 2.58 bits per heavy atom. The summed E-state index contributed by atoms with van der Waals surface area (Å²) in [4.78, 5) is 0. The highest BCUT2D eigenvalue weighted by Gasteiger charge is 2.33. The third-order valence-electron chi connectivity index (χ3n) is 1.24. The number of alkyl halides is 4. The SMILES string of the molecule is FC(F)(F)c1ccn(CCBr)n1. The van der Waals surface area contributed by atoms with Crippen LogP contribution in [0.25, 0.3) is 0 Å². The Hall–Kier alpha value is -0.520. The maximum Gasteiger partial charge on any atom is 0.435 e. The van der Waals surface area contributed by atoms with E-state index in [0.29, 0.717) is 11.9 Å². The highest BCUT2D eigenvalue weighted by Crippen LogP contribution is 2.27. The molecule has 0 spiro atoms. The topological polar surface area (TPSA) is 17.8 Å². The summed E-state index contributed by atoms with van der Waals surface area (Å²) in [5, 5.41) is 3.92. The lowest BCUT2D eigenvalue weighted by atomic mass is 10.4. The van der Waals surface area contributed by atoms with Crippen LogP contribution in [-0.4, -0.2) is 15.1 Å². The van der Waals surface area contributed by atoms with Crippen molar-refractivity contribution in [1.29, 1.82) is 0 Å².